The lowest BCUT2D eigenvalue weighted by molar-refractivity contribution is -0.130. The fourth-order valence-corrected chi connectivity index (χ4v) is 3.06. The summed E-state index contributed by atoms with van der Waals surface area (Å²) >= 11 is 0. The molecular weight excluding hydrogens is 210 g/mol. The standard InChI is InChI=1S/C15H29NO/c1-4-5-8-11-14(17)15(16(2)3)12-9-6-7-10-13-15/h4-13H2,1-3H3. The minimum absolute atomic E-state index is 0.135. The van der Waals surface area contributed by atoms with E-state index in [0.717, 1.165) is 25.7 Å². The van der Waals surface area contributed by atoms with Crippen molar-refractivity contribution in [3.8, 4) is 0 Å². The van der Waals surface area contributed by atoms with Crippen molar-refractivity contribution in [1.29, 1.82) is 0 Å². The first-order chi connectivity index (χ1) is 8.13. The lowest BCUT2D eigenvalue weighted by Crippen LogP contribution is -2.50. The normalized spacial score (nSPS) is 20.2. The largest absolute Gasteiger partial charge is 0.298 e. The molecule has 0 aromatic carbocycles. The van der Waals surface area contributed by atoms with Crippen molar-refractivity contribution in [1.82, 2.24) is 4.90 Å². The van der Waals surface area contributed by atoms with Crippen LogP contribution < -0.4 is 0 Å². The SMILES string of the molecule is CCCCCC(=O)C1(N(C)C)CCCCCC1. The van der Waals surface area contributed by atoms with Gasteiger partial charge in [-0.05, 0) is 33.4 Å². The Bertz CT molecular complexity index is 227. The van der Waals surface area contributed by atoms with Crippen molar-refractivity contribution < 1.29 is 4.79 Å². The predicted molar refractivity (Wildman–Crippen MR) is 73.3 cm³/mol. The van der Waals surface area contributed by atoms with E-state index in [-0.39, 0.29) is 5.54 Å². The smallest absolute Gasteiger partial charge is 0.153 e. The lowest BCUT2D eigenvalue weighted by atomic mass is 9.82. The molecule has 100 valence electrons. The van der Waals surface area contributed by atoms with Gasteiger partial charge in [-0.15, -0.1) is 0 Å². The molecule has 1 rings (SSSR count). The van der Waals surface area contributed by atoms with Crippen LogP contribution in [0.25, 0.3) is 0 Å². The van der Waals surface area contributed by atoms with Crippen LogP contribution in [0.5, 0.6) is 0 Å². The predicted octanol–water partition coefficient (Wildman–Crippen LogP) is 3.79. The van der Waals surface area contributed by atoms with Crippen LogP contribution in [0.3, 0.4) is 0 Å². The van der Waals surface area contributed by atoms with Crippen molar-refractivity contribution in [3.05, 3.63) is 0 Å². The number of rotatable bonds is 6. The van der Waals surface area contributed by atoms with Crippen molar-refractivity contribution in [2.45, 2.75) is 76.7 Å². The molecule has 0 amide bonds. The maximum absolute atomic E-state index is 12.5. The Hall–Kier alpha value is -0.370. The Balaban J connectivity index is 2.65. The lowest BCUT2D eigenvalue weighted by Gasteiger charge is -2.38. The van der Waals surface area contributed by atoms with E-state index < -0.39 is 0 Å². The highest BCUT2D eigenvalue weighted by Gasteiger charge is 2.39. The number of ketones is 1. The number of hydrogen-bond donors (Lipinski definition) is 0. The van der Waals surface area contributed by atoms with E-state index in [1.807, 2.05) is 0 Å². The maximum Gasteiger partial charge on any atom is 0.153 e. The van der Waals surface area contributed by atoms with Gasteiger partial charge < -0.3 is 0 Å². The zero-order chi connectivity index (χ0) is 12.7. The molecule has 1 aliphatic rings. The molecule has 0 aliphatic heterocycles. The monoisotopic (exact) mass is 239 g/mol. The van der Waals surface area contributed by atoms with Gasteiger partial charge in [0.15, 0.2) is 5.78 Å². The van der Waals surface area contributed by atoms with Crippen LogP contribution in [0.4, 0.5) is 0 Å². The summed E-state index contributed by atoms with van der Waals surface area (Å²) in [6.45, 7) is 2.19. The molecule has 0 unspecified atom stereocenters. The Labute approximate surface area is 107 Å². The van der Waals surface area contributed by atoms with Gasteiger partial charge >= 0.3 is 0 Å². The van der Waals surface area contributed by atoms with Crippen LogP contribution in [0.2, 0.25) is 0 Å². The second-order valence-electron chi connectivity index (χ2n) is 5.72. The molecule has 0 N–H and O–H groups in total. The third kappa shape index (κ3) is 3.80. The number of hydrogen-bond acceptors (Lipinski definition) is 2. The molecule has 0 spiro atoms. The summed E-state index contributed by atoms with van der Waals surface area (Å²) in [6.07, 6.45) is 11.4. The number of Topliss-reactive ketones (excluding diaryl/α,β-unsaturated/α-hetero) is 1. The summed E-state index contributed by atoms with van der Waals surface area (Å²) in [6, 6.07) is 0. The van der Waals surface area contributed by atoms with Gasteiger partial charge in [-0.1, -0.05) is 45.4 Å². The fourth-order valence-electron chi connectivity index (χ4n) is 3.06. The summed E-state index contributed by atoms with van der Waals surface area (Å²) < 4.78 is 0. The van der Waals surface area contributed by atoms with E-state index in [0.29, 0.717) is 5.78 Å². The molecule has 17 heavy (non-hydrogen) atoms. The van der Waals surface area contributed by atoms with E-state index in [4.69, 9.17) is 0 Å². The molecule has 1 saturated carbocycles. The zero-order valence-corrected chi connectivity index (χ0v) is 11.9. The average Bonchev–Trinajstić information content (AvgIpc) is 2.55. The molecule has 0 aromatic heterocycles. The minimum Gasteiger partial charge on any atom is -0.298 e. The van der Waals surface area contributed by atoms with Gasteiger partial charge in [-0.2, -0.15) is 0 Å². The quantitative estimate of drug-likeness (QED) is 0.519. The summed E-state index contributed by atoms with van der Waals surface area (Å²) in [5.41, 5.74) is -0.135. The van der Waals surface area contributed by atoms with Crippen molar-refractivity contribution in [3.63, 3.8) is 0 Å². The Morgan fingerprint density at radius 3 is 2.12 bits per heavy atom. The van der Waals surface area contributed by atoms with Crippen LogP contribution >= 0.6 is 0 Å². The van der Waals surface area contributed by atoms with Crippen LogP contribution in [0.1, 0.15) is 71.1 Å². The van der Waals surface area contributed by atoms with Gasteiger partial charge in [-0.25, -0.2) is 0 Å². The second-order valence-corrected chi connectivity index (χ2v) is 5.72. The molecule has 0 radical (unpaired) electrons. The summed E-state index contributed by atoms with van der Waals surface area (Å²) in [5.74, 6) is 0.498. The molecule has 0 saturated heterocycles. The summed E-state index contributed by atoms with van der Waals surface area (Å²) in [5, 5.41) is 0. The first-order valence-electron chi connectivity index (χ1n) is 7.34. The Kier molecular flexibility index (Phi) is 6.18. The van der Waals surface area contributed by atoms with E-state index in [9.17, 15) is 4.79 Å². The van der Waals surface area contributed by atoms with Crippen molar-refractivity contribution >= 4 is 5.78 Å². The first kappa shape index (κ1) is 14.7. The van der Waals surface area contributed by atoms with Crippen molar-refractivity contribution in [2.24, 2.45) is 0 Å². The fraction of sp³-hybridized carbons (Fsp3) is 0.933. The van der Waals surface area contributed by atoms with Crippen molar-refractivity contribution in [2.75, 3.05) is 14.1 Å². The molecule has 0 aromatic rings. The minimum atomic E-state index is -0.135. The molecule has 0 heterocycles. The molecule has 1 fully saturated rings. The molecule has 2 nitrogen and oxygen atoms in total. The van der Waals surface area contributed by atoms with Crippen LogP contribution in [0, 0.1) is 0 Å². The Morgan fingerprint density at radius 2 is 1.65 bits per heavy atom. The average molecular weight is 239 g/mol. The van der Waals surface area contributed by atoms with E-state index in [1.165, 1.54) is 38.5 Å². The number of likely N-dealkylation sites (N-methyl/N-ethyl adjacent to an activating group) is 1. The van der Waals surface area contributed by atoms with Gasteiger partial charge in [0, 0.05) is 6.42 Å². The van der Waals surface area contributed by atoms with Crippen LogP contribution in [-0.2, 0) is 4.79 Å². The number of carbonyl (C=O) groups is 1. The van der Waals surface area contributed by atoms with E-state index in [1.54, 1.807) is 0 Å². The highest BCUT2D eigenvalue weighted by molar-refractivity contribution is 5.88. The molecule has 0 atom stereocenters. The van der Waals surface area contributed by atoms with Gasteiger partial charge in [0.25, 0.3) is 0 Å². The van der Waals surface area contributed by atoms with E-state index in [2.05, 4.69) is 25.9 Å². The van der Waals surface area contributed by atoms with Gasteiger partial charge in [-0.3, -0.25) is 9.69 Å². The Morgan fingerprint density at radius 1 is 1.06 bits per heavy atom. The zero-order valence-electron chi connectivity index (χ0n) is 11.9. The van der Waals surface area contributed by atoms with Gasteiger partial charge in [0.1, 0.15) is 0 Å². The topological polar surface area (TPSA) is 20.3 Å². The highest BCUT2D eigenvalue weighted by atomic mass is 16.1. The molecule has 0 bridgehead atoms. The van der Waals surface area contributed by atoms with Gasteiger partial charge in [0.05, 0.1) is 5.54 Å². The molecule has 2 heteroatoms. The number of carbonyl (C=O) groups excluding carboxylic acids is 1. The van der Waals surface area contributed by atoms with Crippen LogP contribution in [-0.4, -0.2) is 30.3 Å². The number of nitrogens with zero attached hydrogens (tertiary/aromatic N) is 1. The highest BCUT2D eigenvalue weighted by Crippen LogP contribution is 2.33. The number of unbranched alkanes of at least 4 members (excludes halogenated alkanes) is 2. The second kappa shape index (κ2) is 7.15. The molecular formula is C15H29NO. The third-order valence-corrected chi connectivity index (χ3v) is 4.31. The van der Waals surface area contributed by atoms with Gasteiger partial charge in [0.2, 0.25) is 0 Å². The molecule has 1 aliphatic carbocycles. The van der Waals surface area contributed by atoms with Crippen LogP contribution in [0.15, 0.2) is 0 Å². The summed E-state index contributed by atoms with van der Waals surface area (Å²) in [4.78, 5) is 14.7. The summed E-state index contributed by atoms with van der Waals surface area (Å²) in [7, 11) is 4.17. The van der Waals surface area contributed by atoms with E-state index >= 15 is 0 Å². The maximum atomic E-state index is 12.5. The first-order valence-corrected chi connectivity index (χ1v) is 7.34. The third-order valence-electron chi connectivity index (χ3n) is 4.31.